The van der Waals surface area contributed by atoms with Crippen LogP contribution in [0, 0.1) is 12.8 Å². The number of nitrogens with one attached hydrogen (secondary N) is 1. The predicted octanol–water partition coefficient (Wildman–Crippen LogP) is 2.43. The number of rotatable bonds is 4. The average Bonchev–Trinajstić information content (AvgIpc) is 3.19. The maximum absolute atomic E-state index is 12.9. The van der Waals surface area contributed by atoms with Crippen molar-refractivity contribution in [3.63, 3.8) is 0 Å². The van der Waals surface area contributed by atoms with Crippen LogP contribution in [-0.2, 0) is 17.1 Å². The Labute approximate surface area is 150 Å². The predicted molar refractivity (Wildman–Crippen MR) is 97.0 cm³/mol. The summed E-state index contributed by atoms with van der Waals surface area (Å²) in [7, 11) is -1.84. The highest BCUT2D eigenvalue weighted by Gasteiger charge is 2.30. The highest BCUT2D eigenvalue weighted by Crippen LogP contribution is 2.27. The molecule has 140 valence electrons. The third kappa shape index (κ3) is 3.77. The molecule has 25 heavy (non-hydrogen) atoms. The Morgan fingerprint density at radius 2 is 1.76 bits per heavy atom. The van der Waals surface area contributed by atoms with Crippen LogP contribution in [0.15, 0.2) is 11.0 Å². The van der Waals surface area contributed by atoms with E-state index in [0.29, 0.717) is 17.3 Å². The smallest absolute Gasteiger partial charge is 0.270 e. The van der Waals surface area contributed by atoms with E-state index < -0.39 is 10.0 Å². The van der Waals surface area contributed by atoms with E-state index in [1.54, 1.807) is 29.5 Å². The van der Waals surface area contributed by atoms with Crippen LogP contribution in [0.4, 0.5) is 0 Å². The molecule has 1 aliphatic heterocycles. The summed E-state index contributed by atoms with van der Waals surface area (Å²) >= 11 is 0. The molecule has 7 heteroatoms. The molecule has 1 amide bonds. The standard InChI is InChI=1S/C18H29N3O3S/c1-13-6-8-15(9-7-13)19-25(23,24)17-12-16(20(3)14(17)2)18(22)21-10-4-5-11-21/h12-13,15,19H,4-11H2,1-3H3. The number of hydrogen-bond donors (Lipinski definition) is 1. The summed E-state index contributed by atoms with van der Waals surface area (Å²) in [6.07, 6.45) is 5.90. The lowest BCUT2D eigenvalue weighted by Crippen LogP contribution is -2.37. The maximum Gasteiger partial charge on any atom is 0.270 e. The molecule has 0 radical (unpaired) electrons. The van der Waals surface area contributed by atoms with E-state index in [9.17, 15) is 13.2 Å². The van der Waals surface area contributed by atoms with Crippen molar-refractivity contribution < 1.29 is 13.2 Å². The van der Waals surface area contributed by atoms with Gasteiger partial charge in [0.15, 0.2) is 0 Å². The van der Waals surface area contributed by atoms with Gasteiger partial charge in [-0.25, -0.2) is 13.1 Å². The van der Waals surface area contributed by atoms with E-state index in [4.69, 9.17) is 0 Å². The van der Waals surface area contributed by atoms with Crippen LogP contribution in [0.25, 0.3) is 0 Å². The first kappa shape index (κ1) is 18.5. The molecule has 2 heterocycles. The van der Waals surface area contributed by atoms with E-state index >= 15 is 0 Å². The third-order valence-electron chi connectivity index (χ3n) is 5.73. The molecule has 6 nitrogen and oxygen atoms in total. The van der Waals surface area contributed by atoms with E-state index in [-0.39, 0.29) is 16.8 Å². The second-order valence-corrected chi connectivity index (χ2v) is 9.30. The average molecular weight is 368 g/mol. The number of carbonyl (C=O) groups is 1. The topological polar surface area (TPSA) is 71.4 Å². The Morgan fingerprint density at radius 3 is 2.36 bits per heavy atom. The van der Waals surface area contributed by atoms with E-state index in [0.717, 1.165) is 51.6 Å². The SMILES string of the molecule is Cc1c(S(=O)(=O)NC2CCC(C)CC2)cc(C(=O)N2CCCC2)n1C. The summed E-state index contributed by atoms with van der Waals surface area (Å²) in [5, 5.41) is 0. The third-order valence-corrected chi connectivity index (χ3v) is 7.36. The van der Waals surface area contributed by atoms with Gasteiger partial charge in [-0.05, 0) is 57.4 Å². The molecule has 0 aromatic carbocycles. The molecule has 1 aromatic heterocycles. The van der Waals surface area contributed by atoms with Gasteiger partial charge in [0.25, 0.3) is 5.91 Å². The van der Waals surface area contributed by atoms with Gasteiger partial charge in [0, 0.05) is 31.9 Å². The van der Waals surface area contributed by atoms with Gasteiger partial charge in [-0.2, -0.15) is 0 Å². The summed E-state index contributed by atoms with van der Waals surface area (Å²) in [5.41, 5.74) is 1.07. The van der Waals surface area contributed by atoms with Gasteiger partial charge < -0.3 is 9.47 Å². The second kappa shape index (κ2) is 7.11. The minimum absolute atomic E-state index is 0.00135. The van der Waals surface area contributed by atoms with E-state index in [1.165, 1.54) is 0 Å². The zero-order chi connectivity index (χ0) is 18.2. The van der Waals surface area contributed by atoms with Crippen molar-refractivity contribution in [2.75, 3.05) is 13.1 Å². The van der Waals surface area contributed by atoms with Crippen LogP contribution in [0.2, 0.25) is 0 Å². The number of hydrogen-bond acceptors (Lipinski definition) is 3. The molecule has 1 aromatic rings. The van der Waals surface area contributed by atoms with Crippen molar-refractivity contribution in [3.05, 3.63) is 17.5 Å². The zero-order valence-electron chi connectivity index (χ0n) is 15.4. The normalized spacial score (nSPS) is 24.7. The Morgan fingerprint density at radius 1 is 1.16 bits per heavy atom. The van der Waals surface area contributed by atoms with Gasteiger partial charge >= 0.3 is 0 Å². The Kier molecular flexibility index (Phi) is 5.25. The van der Waals surface area contributed by atoms with Gasteiger partial charge in [0.1, 0.15) is 10.6 Å². The molecule has 1 saturated heterocycles. The van der Waals surface area contributed by atoms with Crippen LogP contribution < -0.4 is 4.72 Å². The van der Waals surface area contributed by atoms with Crippen molar-refractivity contribution in [1.82, 2.24) is 14.2 Å². The molecule has 1 aliphatic carbocycles. The van der Waals surface area contributed by atoms with Crippen LogP contribution >= 0.6 is 0 Å². The van der Waals surface area contributed by atoms with Crippen molar-refractivity contribution in [3.8, 4) is 0 Å². The number of nitrogens with zero attached hydrogens (tertiary/aromatic N) is 2. The lowest BCUT2D eigenvalue weighted by molar-refractivity contribution is 0.0783. The van der Waals surface area contributed by atoms with Crippen LogP contribution in [-0.4, -0.2) is 42.9 Å². The monoisotopic (exact) mass is 367 g/mol. The fourth-order valence-electron chi connectivity index (χ4n) is 3.89. The first-order chi connectivity index (χ1) is 11.8. The highest BCUT2D eigenvalue weighted by molar-refractivity contribution is 7.89. The number of likely N-dealkylation sites (tertiary alicyclic amines) is 1. The van der Waals surface area contributed by atoms with Crippen LogP contribution in [0.5, 0.6) is 0 Å². The molecule has 3 rings (SSSR count). The lowest BCUT2D eigenvalue weighted by Gasteiger charge is -2.26. The molecule has 0 unspecified atom stereocenters. The summed E-state index contributed by atoms with van der Waals surface area (Å²) < 4.78 is 30.3. The van der Waals surface area contributed by atoms with Crippen molar-refractivity contribution >= 4 is 15.9 Å². The Hall–Kier alpha value is -1.34. The van der Waals surface area contributed by atoms with Gasteiger partial charge in [-0.3, -0.25) is 4.79 Å². The second-order valence-electron chi connectivity index (χ2n) is 7.62. The molecular weight excluding hydrogens is 338 g/mol. The van der Waals surface area contributed by atoms with Crippen molar-refractivity contribution in [2.45, 2.75) is 63.3 Å². The molecule has 0 bridgehead atoms. The summed E-state index contributed by atoms with van der Waals surface area (Å²) in [6.45, 7) is 5.48. The molecule has 1 saturated carbocycles. The summed E-state index contributed by atoms with van der Waals surface area (Å²) in [6, 6.07) is 1.54. The van der Waals surface area contributed by atoms with Gasteiger partial charge in [0.2, 0.25) is 10.0 Å². The lowest BCUT2D eigenvalue weighted by atomic mass is 9.88. The Balaban J connectivity index is 1.81. The largest absolute Gasteiger partial charge is 0.343 e. The van der Waals surface area contributed by atoms with Crippen molar-refractivity contribution in [2.24, 2.45) is 13.0 Å². The first-order valence-corrected chi connectivity index (χ1v) is 10.8. The molecular formula is C18H29N3O3S. The minimum Gasteiger partial charge on any atom is -0.343 e. The number of carbonyl (C=O) groups excluding carboxylic acids is 1. The first-order valence-electron chi connectivity index (χ1n) is 9.27. The molecule has 2 fully saturated rings. The quantitative estimate of drug-likeness (QED) is 0.888. The Bertz CT molecular complexity index is 740. The molecule has 1 N–H and O–H groups in total. The fraction of sp³-hybridized carbons (Fsp3) is 0.722. The van der Waals surface area contributed by atoms with Gasteiger partial charge in [-0.1, -0.05) is 6.92 Å². The molecule has 0 spiro atoms. The van der Waals surface area contributed by atoms with Crippen LogP contribution in [0.1, 0.15) is 61.6 Å². The number of amides is 1. The molecule has 0 atom stereocenters. The minimum atomic E-state index is -3.61. The number of aromatic nitrogens is 1. The maximum atomic E-state index is 12.9. The summed E-state index contributed by atoms with van der Waals surface area (Å²) in [4.78, 5) is 14.7. The molecule has 2 aliphatic rings. The van der Waals surface area contributed by atoms with Crippen molar-refractivity contribution in [1.29, 1.82) is 0 Å². The van der Waals surface area contributed by atoms with Gasteiger partial charge in [0.05, 0.1) is 0 Å². The van der Waals surface area contributed by atoms with E-state index in [2.05, 4.69) is 11.6 Å². The van der Waals surface area contributed by atoms with Gasteiger partial charge in [-0.15, -0.1) is 0 Å². The fourth-order valence-corrected chi connectivity index (χ4v) is 5.49. The summed E-state index contributed by atoms with van der Waals surface area (Å²) in [5.74, 6) is 0.597. The zero-order valence-corrected chi connectivity index (χ0v) is 16.2. The van der Waals surface area contributed by atoms with E-state index in [1.807, 2.05) is 0 Å². The van der Waals surface area contributed by atoms with Crippen LogP contribution in [0.3, 0.4) is 0 Å². The number of sulfonamides is 1. The highest BCUT2D eigenvalue weighted by atomic mass is 32.2.